The van der Waals surface area contributed by atoms with E-state index in [9.17, 15) is 8.42 Å². The maximum Gasteiger partial charge on any atom is 0.164 e. The van der Waals surface area contributed by atoms with Gasteiger partial charge < -0.3 is 4.90 Å². The van der Waals surface area contributed by atoms with E-state index in [1.165, 1.54) is 27.8 Å². The highest BCUT2D eigenvalue weighted by atomic mass is 32.2. The first-order chi connectivity index (χ1) is 13.2. The quantitative estimate of drug-likeness (QED) is 0.755. The van der Waals surface area contributed by atoms with Crippen molar-refractivity contribution < 1.29 is 8.42 Å². The maximum atomic E-state index is 12.2. The third kappa shape index (κ3) is 3.72. The lowest BCUT2D eigenvalue weighted by Crippen LogP contribution is -2.39. The van der Waals surface area contributed by atoms with E-state index in [0.29, 0.717) is 0 Å². The smallest absolute Gasteiger partial charge is 0.164 e. The zero-order chi connectivity index (χ0) is 20.1. The summed E-state index contributed by atoms with van der Waals surface area (Å²) in [6.07, 6.45) is 0. The molecule has 0 unspecified atom stereocenters. The van der Waals surface area contributed by atoms with E-state index in [1.807, 2.05) is 0 Å². The zero-order valence-electron chi connectivity index (χ0n) is 16.8. The molecule has 148 valence electrons. The van der Waals surface area contributed by atoms with Gasteiger partial charge in [0.2, 0.25) is 0 Å². The van der Waals surface area contributed by atoms with Crippen LogP contribution in [-0.4, -0.2) is 37.2 Å². The molecule has 0 N–H and O–H groups in total. The molecule has 2 aromatic rings. The van der Waals surface area contributed by atoms with E-state index < -0.39 is 9.84 Å². The van der Waals surface area contributed by atoms with Gasteiger partial charge in [0.25, 0.3) is 0 Å². The third-order valence-electron chi connectivity index (χ3n) is 5.82. The highest BCUT2D eigenvalue weighted by molar-refractivity contribution is 8.13. The Morgan fingerprint density at radius 2 is 1.64 bits per heavy atom. The number of benzene rings is 2. The van der Waals surface area contributed by atoms with Crippen LogP contribution in [0.4, 0.5) is 5.69 Å². The summed E-state index contributed by atoms with van der Waals surface area (Å²) >= 11 is 1.70. The average molecular weight is 415 g/mol. The minimum atomic E-state index is -3.02. The number of rotatable bonds is 3. The predicted molar refractivity (Wildman–Crippen MR) is 119 cm³/mol. The fraction of sp³-hybridized carbons (Fsp3) is 0.409. The summed E-state index contributed by atoms with van der Waals surface area (Å²) in [6.45, 7) is 8.44. The van der Waals surface area contributed by atoms with Crippen LogP contribution in [-0.2, 0) is 15.6 Å². The number of hydrogen-bond acceptors (Lipinski definition) is 5. The van der Waals surface area contributed by atoms with E-state index in [2.05, 4.69) is 69.0 Å². The van der Waals surface area contributed by atoms with Gasteiger partial charge in [-0.25, -0.2) is 8.42 Å². The van der Waals surface area contributed by atoms with Crippen molar-refractivity contribution in [2.45, 2.75) is 45.5 Å². The van der Waals surface area contributed by atoms with Gasteiger partial charge in [-0.05, 0) is 67.6 Å². The summed E-state index contributed by atoms with van der Waals surface area (Å²) in [5.41, 5.74) is 7.34. The van der Waals surface area contributed by atoms with Crippen LogP contribution >= 0.6 is 11.8 Å². The third-order valence-corrected chi connectivity index (χ3v) is 8.55. The number of aryl methyl sites for hydroxylation is 4. The lowest BCUT2D eigenvalue weighted by atomic mass is 10.1. The molecule has 2 heterocycles. The van der Waals surface area contributed by atoms with Crippen LogP contribution in [0.5, 0.6) is 0 Å². The van der Waals surface area contributed by atoms with Gasteiger partial charge in [0, 0.05) is 11.4 Å². The molecule has 0 aliphatic carbocycles. The minimum absolute atomic E-state index is 0.0886. The molecule has 2 atom stereocenters. The summed E-state index contributed by atoms with van der Waals surface area (Å²) in [4.78, 5) is 7.00. The van der Waals surface area contributed by atoms with Crippen molar-refractivity contribution in [1.29, 1.82) is 0 Å². The molecule has 0 radical (unpaired) electrons. The predicted octanol–water partition coefficient (Wildman–Crippen LogP) is 4.20. The van der Waals surface area contributed by atoms with Crippen molar-refractivity contribution in [3.05, 3.63) is 64.2 Å². The van der Waals surface area contributed by atoms with Crippen LogP contribution < -0.4 is 4.90 Å². The van der Waals surface area contributed by atoms with Gasteiger partial charge in [-0.2, -0.15) is 0 Å². The number of anilines is 1. The summed E-state index contributed by atoms with van der Waals surface area (Å²) in [5.74, 6) is 1.17. The SMILES string of the molecule is Cc1ccc(CSC2=N[C@H]3CS(=O)(=O)C[C@@H]3N2c2ccc(C)c(C)c2)cc1C. The summed E-state index contributed by atoms with van der Waals surface area (Å²) in [6, 6.07) is 12.6. The number of sulfone groups is 1. The van der Waals surface area contributed by atoms with Gasteiger partial charge in [-0.15, -0.1) is 0 Å². The molecular formula is C22H26N2O2S2. The van der Waals surface area contributed by atoms with Crippen molar-refractivity contribution in [2.24, 2.45) is 4.99 Å². The Hall–Kier alpha value is -1.79. The lowest BCUT2D eigenvalue weighted by Gasteiger charge is -2.27. The van der Waals surface area contributed by atoms with Crippen LogP contribution in [0.1, 0.15) is 27.8 Å². The standard InChI is InChI=1S/C22H26N2O2S2/c1-14-5-7-18(9-16(14)3)11-27-22-23-20-12-28(25,26)13-21(20)24(22)19-8-6-15(2)17(4)10-19/h5-10,20-21H,11-13H2,1-4H3/t20-,21-/m0/s1. The first-order valence-electron chi connectivity index (χ1n) is 9.57. The highest BCUT2D eigenvalue weighted by Crippen LogP contribution is 2.36. The molecule has 0 saturated carbocycles. The molecule has 2 aliphatic heterocycles. The fourth-order valence-corrected chi connectivity index (χ4v) is 6.76. The number of thioether (sulfide) groups is 1. The van der Waals surface area contributed by atoms with Crippen molar-refractivity contribution in [1.82, 2.24) is 0 Å². The van der Waals surface area contributed by atoms with Crippen molar-refractivity contribution >= 4 is 32.5 Å². The fourth-order valence-electron chi connectivity index (χ4n) is 3.85. The van der Waals surface area contributed by atoms with Gasteiger partial charge in [-0.3, -0.25) is 4.99 Å². The highest BCUT2D eigenvalue weighted by Gasteiger charge is 2.47. The maximum absolute atomic E-state index is 12.2. The molecule has 0 aromatic heterocycles. The van der Waals surface area contributed by atoms with E-state index in [0.717, 1.165) is 16.6 Å². The summed E-state index contributed by atoms with van der Waals surface area (Å²) in [7, 11) is -3.02. The Kier molecular flexibility index (Phi) is 5.04. The van der Waals surface area contributed by atoms with Gasteiger partial charge in [-0.1, -0.05) is 36.0 Å². The van der Waals surface area contributed by atoms with Crippen molar-refractivity contribution in [2.75, 3.05) is 16.4 Å². The number of hydrogen-bond donors (Lipinski definition) is 0. The molecule has 4 nitrogen and oxygen atoms in total. The van der Waals surface area contributed by atoms with Gasteiger partial charge in [0.15, 0.2) is 15.0 Å². The molecule has 1 fully saturated rings. The Labute approximate surface area is 172 Å². The van der Waals surface area contributed by atoms with Crippen LogP contribution in [0.3, 0.4) is 0 Å². The largest absolute Gasteiger partial charge is 0.315 e. The Balaban J connectivity index is 1.63. The lowest BCUT2D eigenvalue weighted by molar-refractivity contribution is 0.601. The van der Waals surface area contributed by atoms with E-state index in [4.69, 9.17) is 4.99 Å². The zero-order valence-corrected chi connectivity index (χ0v) is 18.4. The first-order valence-corrected chi connectivity index (χ1v) is 12.4. The number of aliphatic imine (C=N–C) groups is 1. The van der Waals surface area contributed by atoms with Crippen LogP contribution in [0.2, 0.25) is 0 Å². The molecule has 6 heteroatoms. The molecule has 2 aromatic carbocycles. The van der Waals surface area contributed by atoms with Gasteiger partial charge >= 0.3 is 0 Å². The second kappa shape index (κ2) is 7.23. The number of amidine groups is 1. The first kappa shape index (κ1) is 19.5. The van der Waals surface area contributed by atoms with Crippen LogP contribution in [0.15, 0.2) is 41.4 Å². The Morgan fingerprint density at radius 1 is 0.964 bits per heavy atom. The van der Waals surface area contributed by atoms with E-state index >= 15 is 0 Å². The molecule has 1 saturated heterocycles. The van der Waals surface area contributed by atoms with Crippen LogP contribution in [0, 0.1) is 27.7 Å². The monoisotopic (exact) mass is 414 g/mol. The molecule has 28 heavy (non-hydrogen) atoms. The second-order valence-corrected chi connectivity index (χ2v) is 11.1. The molecule has 0 spiro atoms. The average Bonchev–Trinajstić information content (AvgIpc) is 3.09. The molecule has 4 rings (SSSR count). The Morgan fingerprint density at radius 3 is 2.32 bits per heavy atom. The topological polar surface area (TPSA) is 49.7 Å². The minimum Gasteiger partial charge on any atom is -0.315 e. The second-order valence-electron chi connectivity index (χ2n) is 7.97. The van der Waals surface area contributed by atoms with Gasteiger partial charge in [0.1, 0.15) is 0 Å². The molecule has 0 bridgehead atoms. The molecule has 0 amide bonds. The Bertz CT molecular complexity index is 1060. The van der Waals surface area contributed by atoms with Crippen LogP contribution in [0.25, 0.3) is 0 Å². The van der Waals surface area contributed by atoms with Crippen molar-refractivity contribution in [3.8, 4) is 0 Å². The number of fused-ring (bicyclic) bond motifs is 1. The summed E-state index contributed by atoms with van der Waals surface area (Å²) < 4.78 is 24.4. The summed E-state index contributed by atoms with van der Waals surface area (Å²) in [5, 5.41) is 0.936. The van der Waals surface area contributed by atoms with Crippen molar-refractivity contribution in [3.63, 3.8) is 0 Å². The van der Waals surface area contributed by atoms with E-state index in [-0.39, 0.29) is 23.6 Å². The molecular weight excluding hydrogens is 388 g/mol. The van der Waals surface area contributed by atoms with E-state index in [1.54, 1.807) is 11.8 Å². The van der Waals surface area contributed by atoms with Gasteiger partial charge in [0.05, 0.1) is 23.6 Å². The molecule has 2 aliphatic rings. The number of nitrogens with zero attached hydrogens (tertiary/aromatic N) is 2. The normalized spacial score (nSPS) is 23.0.